The van der Waals surface area contributed by atoms with Gasteiger partial charge in [0.1, 0.15) is 5.75 Å². The third-order valence-electron chi connectivity index (χ3n) is 3.40. The molecule has 0 radical (unpaired) electrons. The molecule has 3 N–H and O–H groups in total. The highest BCUT2D eigenvalue weighted by molar-refractivity contribution is 5.79. The van der Waals surface area contributed by atoms with Crippen molar-refractivity contribution in [3.8, 4) is 5.75 Å². The molecule has 0 spiro atoms. The van der Waals surface area contributed by atoms with E-state index in [2.05, 4.69) is 4.90 Å². The summed E-state index contributed by atoms with van der Waals surface area (Å²) < 4.78 is 5.71. The van der Waals surface area contributed by atoms with E-state index in [1.54, 1.807) is 0 Å². The number of nitrogens with one attached hydrogen (secondary N) is 1. The second kappa shape index (κ2) is 7.14. The van der Waals surface area contributed by atoms with Crippen LogP contribution in [0.3, 0.4) is 0 Å². The molecule has 0 aliphatic carbocycles. The molecule has 0 bridgehead atoms. The lowest BCUT2D eigenvalue weighted by molar-refractivity contribution is 0.263. The summed E-state index contributed by atoms with van der Waals surface area (Å²) >= 11 is 0. The Morgan fingerprint density at radius 3 is 2.53 bits per heavy atom. The van der Waals surface area contributed by atoms with Crippen LogP contribution in [0.25, 0.3) is 0 Å². The van der Waals surface area contributed by atoms with Gasteiger partial charge in [-0.3, -0.25) is 5.41 Å². The molecule has 4 nitrogen and oxygen atoms in total. The predicted molar refractivity (Wildman–Crippen MR) is 77.8 cm³/mol. The summed E-state index contributed by atoms with van der Waals surface area (Å²) in [7, 11) is 0. The third-order valence-corrected chi connectivity index (χ3v) is 3.40. The molecule has 2 rings (SSSR count). The van der Waals surface area contributed by atoms with E-state index in [0.29, 0.717) is 6.42 Å². The molecule has 0 aromatic heterocycles. The topological polar surface area (TPSA) is 62.3 Å². The number of likely N-dealkylation sites (tertiary alicyclic amines) is 1. The van der Waals surface area contributed by atoms with E-state index in [1.807, 2.05) is 24.3 Å². The van der Waals surface area contributed by atoms with E-state index in [0.717, 1.165) is 30.9 Å². The van der Waals surface area contributed by atoms with Crippen LogP contribution in [0.2, 0.25) is 0 Å². The highest BCUT2D eigenvalue weighted by atomic mass is 16.5. The van der Waals surface area contributed by atoms with Gasteiger partial charge in [-0.05, 0) is 50.0 Å². The first kappa shape index (κ1) is 13.9. The van der Waals surface area contributed by atoms with Gasteiger partial charge in [0.2, 0.25) is 0 Å². The summed E-state index contributed by atoms with van der Waals surface area (Å²) in [6, 6.07) is 7.84. The second-order valence-electron chi connectivity index (χ2n) is 5.10. The maximum Gasteiger partial charge on any atom is 0.119 e. The smallest absolute Gasteiger partial charge is 0.119 e. The Hall–Kier alpha value is -1.55. The van der Waals surface area contributed by atoms with Crippen molar-refractivity contribution >= 4 is 5.84 Å². The van der Waals surface area contributed by atoms with Gasteiger partial charge in [0, 0.05) is 13.0 Å². The number of amidine groups is 1. The summed E-state index contributed by atoms with van der Waals surface area (Å²) in [5, 5.41) is 7.24. The summed E-state index contributed by atoms with van der Waals surface area (Å²) in [4.78, 5) is 2.50. The third kappa shape index (κ3) is 4.91. The van der Waals surface area contributed by atoms with Crippen LogP contribution in [-0.2, 0) is 6.42 Å². The molecule has 0 atom stereocenters. The Bertz CT molecular complexity index is 396. The highest BCUT2D eigenvalue weighted by Gasteiger charge is 2.10. The first-order chi connectivity index (χ1) is 9.24. The maximum absolute atomic E-state index is 7.24. The van der Waals surface area contributed by atoms with Crippen LogP contribution in [0.5, 0.6) is 5.75 Å². The minimum absolute atomic E-state index is 0.194. The van der Waals surface area contributed by atoms with Gasteiger partial charge in [-0.2, -0.15) is 0 Å². The van der Waals surface area contributed by atoms with Crippen molar-refractivity contribution in [2.45, 2.75) is 25.7 Å². The van der Waals surface area contributed by atoms with Gasteiger partial charge in [0.25, 0.3) is 0 Å². The van der Waals surface area contributed by atoms with Crippen molar-refractivity contribution in [3.63, 3.8) is 0 Å². The zero-order chi connectivity index (χ0) is 13.5. The Morgan fingerprint density at radius 2 is 1.89 bits per heavy atom. The number of rotatable bonds is 7. The van der Waals surface area contributed by atoms with Gasteiger partial charge in [0.15, 0.2) is 0 Å². The van der Waals surface area contributed by atoms with Crippen LogP contribution in [0.1, 0.15) is 24.8 Å². The fourth-order valence-electron chi connectivity index (χ4n) is 2.41. The minimum Gasteiger partial charge on any atom is -0.494 e. The number of nitrogens with two attached hydrogens (primary N) is 1. The van der Waals surface area contributed by atoms with Gasteiger partial charge >= 0.3 is 0 Å². The van der Waals surface area contributed by atoms with Crippen LogP contribution in [-0.4, -0.2) is 37.0 Å². The Kier molecular flexibility index (Phi) is 5.21. The van der Waals surface area contributed by atoms with Crippen molar-refractivity contribution in [1.29, 1.82) is 5.41 Å². The van der Waals surface area contributed by atoms with Gasteiger partial charge < -0.3 is 15.4 Å². The Labute approximate surface area is 115 Å². The van der Waals surface area contributed by atoms with E-state index >= 15 is 0 Å². The molecule has 0 unspecified atom stereocenters. The van der Waals surface area contributed by atoms with Crippen LogP contribution in [0.15, 0.2) is 24.3 Å². The molecule has 104 valence electrons. The van der Waals surface area contributed by atoms with Crippen LogP contribution in [0.4, 0.5) is 0 Å². The molecule has 1 aliphatic heterocycles. The number of benzene rings is 1. The van der Waals surface area contributed by atoms with Crippen LogP contribution < -0.4 is 10.5 Å². The Balaban J connectivity index is 1.66. The van der Waals surface area contributed by atoms with Crippen molar-refractivity contribution < 1.29 is 4.74 Å². The summed E-state index contributed by atoms with van der Waals surface area (Å²) in [6.45, 7) is 4.41. The molecule has 1 heterocycles. The van der Waals surface area contributed by atoms with Crippen molar-refractivity contribution in [1.82, 2.24) is 4.90 Å². The first-order valence-corrected chi connectivity index (χ1v) is 7.01. The SMILES string of the molecule is N=C(N)Cc1ccc(OCCCN2CCCC2)cc1. The van der Waals surface area contributed by atoms with E-state index < -0.39 is 0 Å². The molecular weight excluding hydrogens is 238 g/mol. The average molecular weight is 261 g/mol. The summed E-state index contributed by atoms with van der Waals surface area (Å²) in [5.41, 5.74) is 6.42. The number of hydrogen-bond donors (Lipinski definition) is 2. The average Bonchev–Trinajstić information content (AvgIpc) is 2.89. The standard InChI is InChI=1S/C15H23N3O/c16-15(17)12-13-4-6-14(7-5-13)19-11-3-10-18-8-1-2-9-18/h4-7H,1-3,8-12H2,(H3,16,17). The fourth-order valence-corrected chi connectivity index (χ4v) is 2.41. The number of ether oxygens (including phenoxy) is 1. The van der Waals surface area contributed by atoms with E-state index in [4.69, 9.17) is 15.9 Å². The largest absolute Gasteiger partial charge is 0.494 e. The maximum atomic E-state index is 7.24. The van der Waals surface area contributed by atoms with E-state index in [1.165, 1.54) is 25.9 Å². The summed E-state index contributed by atoms with van der Waals surface area (Å²) in [5.74, 6) is 1.09. The van der Waals surface area contributed by atoms with Crippen molar-refractivity contribution in [2.75, 3.05) is 26.2 Å². The molecule has 1 fully saturated rings. The molecule has 4 heteroatoms. The summed E-state index contributed by atoms with van der Waals surface area (Å²) in [6.07, 6.45) is 4.28. The van der Waals surface area contributed by atoms with Gasteiger partial charge in [0.05, 0.1) is 12.4 Å². The predicted octanol–water partition coefficient (Wildman–Crippen LogP) is 2.03. The lowest BCUT2D eigenvalue weighted by Gasteiger charge is -2.14. The Morgan fingerprint density at radius 1 is 1.21 bits per heavy atom. The molecule has 1 saturated heterocycles. The number of nitrogens with zero attached hydrogens (tertiary/aromatic N) is 1. The zero-order valence-corrected chi connectivity index (χ0v) is 11.4. The highest BCUT2D eigenvalue weighted by Crippen LogP contribution is 2.13. The lowest BCUT2D eigenvalue weighted by Crippen LogP contribution is -2.21. The fraction of sp³-hybridized carbons (Fsp3) is 0.533. The molecule has 0 saturated carbocycles. The van der Waals surface area contributed by atoms with E-state index in [-0.39, 0.29) is 5.84 Å². The van der Waals surface area contributed by atoms with Crippen LogP contribution in [0, 0.1) is 5.41 Å². The normalized spacial score (nSPS) is 15.6. The van der Waals surface area contributed by atoms with Crippen LogP contribution >= 0.6 is 0 Å². The molecule has 19 heavy (non-hydrogen) atoms. The number of hydrogen-bond acceptors (Lipinski definition) is 3. The van der Waals surface area contributed by atoms with Crippen molar-refractivity contribution in [2.24, 2.45) is 5.73 Å². The molecule has 1 aromatic rings. The van der Waals surface area contributed by atoms with Crippen molar-refractivity contribution in [3.05, 3.63) is 29.8 Å². The van der Waals surface area contributed by atoms with Gasteiger partial charge in [-0.1, -0.05) is 12.1 Å². The molecular formula is C15H23N3O. The quantitative estimate of drug-likeness (QED) is 0.448. The van der Waals surface area contributed by atoms with Gasteiger partial charge in [-0.25, -0.2) is 0 Å². The minimum atomic E-state index is 0.194. The molecule has 1 aliphatic rings. The molecule has 0 amide bonds. The molecule has 1 aromatic carbocycles. The lowest BCUT2D eigenvalue weighted by atomic mass is 10.1. The monoisotopic (exact) mass is 261 g/mol. The second-order valence-corrected chi connectivity index (χ2v) is 5.10. The van der Waals surface area contributed by atoms with E-state index in [9.17, 15) is 0 Å². The van der Waals surface area contributed by atoms with Gasteiger partial charge in [-0.15, -0.1) is 0 Å². The zero-order valence-electron chi connectivity index (χ0n) is 11.4. The first-order valence-electron chi connectivity index (χ1n) is 7.01.